The molecule has 0 amide bonds. The fourth-order valence-electron chi connectivity index (χ4n) is 1.21. The van der Waals surface area contributed by atoms with Gasteiger partial charge in [-0.1, -0.05) is 65.1 Å². The molecule has 0 aliphatic carbocycles. The Bertz CT molecular complexity index is 398. The normalized spacial score (nSPS) is 13.1. The lowest BCUT2D eigenvalue weighted by Crippen LogP contribution is -2.36. The van der Waals surface area contributed by atoms with Crippen LogP contribution < -0.4 is 5.73 Å². The Hall–Kier alpha value is -0.130. The molecular formula is C12H14Cl3NO2S. The van der Waals surface area contributed by atoms with Crippen molar-refractivity contribution >= 4 is 52.5 Å². The van der Waals surface area contributed by atoms with Gasteiger partial charge in [0.1, 0.15) is 12.6 Å². The van der Waals surface area contributed by atoms with Gasteiger partial charge in [-0.05, 0) is 5.56 Å². The van der Waals surface area contributed by atoms with Gasteiger partial charge in [-0.3, -0.25) is 4.79 Å². The molecule has 19 heavy (non-hydrogen) atoms. The minimum Gasteiger partial charge on any atom is -0.460 e. The van der Waals surface area contributed by atoms with Gasteiger partial charge in [0, 0.05) is 11.5 Å². The van der Waals surface area contributed by atoms with Crippen molar-refractivity contribution in [1.82, 2.24) is 0 Å². The summed E-state index contributed by atoms with van der Waals surface area (Å²) in [4.78, 5) is 11.5. The summed E-state index contributed by atoms with van der Waals surface area (Å²) in [6.45, 7) is -0.298. The molecule has 0 heterocycles. The molecule has 0 fully saturated rings. The Morgan fingerprint density at radius 3 is 2.53 bits per heavy atom. The van der Waals surface area contributed by atoms with Crippen LogP contribution in [0.1, 0.15) is 5.56 Å². The van der Waals surface area contributed by atoms with E-state index in [-0.39, 0.29) is 6.61 Å². The molecule has 1 aromatic carbocycles. The maximum Gasteiger partial charge on any atom is 0.323 e. The van der Waals surface area contributed by atoms with Crippen LogP contribution in [0.4, 0.5) is 0 Å². The highest BCUT2D eigenvalue weighted by atomic mass is 35.6. The molecule has 106 valence electrons. The zero-order valence-electron chi connectivity index (χ0n) is 10.0. The summed E-state index contributed by atoms with van der Waals surface area (Å²) in [5.41, 5.74) is 6.86. The van der Waals surface area contributed by atoms with Crippen molar-refractivity contribution in [3.05, 3.63) is 35.9 Å². The maximum absolute atomic E-state index is 11.5. The lowest BCUT2D eigenvalue weighted by Gasteiger charge is -2.14. The van der Waals surface area contributed by atoms with E-state index in [1.807, 2.05) is 30.3 Å². The summed E-state index contributed by atoms with van der Waals surface area (Å²) < 4.78 is 3.19. The van der Waals surface area contributed by atoms with E-state index in [0.717, 1.165) is 5.75 Å². The summed E-state index contributed by atoms with van der Waals surface area (Å²) in [6.07, 6.45) is 0. The number of carbonyl (C=O) groups is 1. The largest absolute Gasteiger partial charge is 0.460 e. The van der Waals surface area contributed by atoms with Crippen LogP contribution in [0.3, 0.4) is 0 Å². The number of halogens is 3. The number of benzene rings is 1. The van der Waals surface area contributed by atoms with Crippen molar-refractivity contribution in [2.24, 2.45) is 5.73 Å². The van der Waals surface area contributed by atoms with E-state index in [0.29, 0.717) is 5.75 Å². The Kier molecular flexibility index (Phi) is 7.32. The Morgan fingerprint density at radius 2 is 1.95 bits per heavy atom. The summed E-state index contributed by atoms with van der Waals surface area (Å²) in [7, 11) is 0. The van der Waals surface area contributed by atoms with Crippen LogP contribution in [0.5, 0.6) is 0 Å². The average molecular weight is 343 g/mol. The van der Waals surface area contributed by atoms with Crippen LogP contribution in [-0.4, -0.2) is 28.2 Å². The highest BCUT2D eigenvalue weighted by molar-refractivity contribution is 7.98. The van der Waals surface area contributed by atoms with Crippen LogP contribution >= 0.6 is 46.6 Å². The van der Waals surface area contributed by atoms with Crippen LogP contribution in [-0.2, 0) is 15.3 Å². The number of hydrogen-bond donors (Lipinski definition) is 1. The van der Waals surface area contributed by atoms with Crippen LogP contribution in [0.15, 0.2) is 30.3 Å². The second kappa shape index (κ2) is 8.22. The lowest BCUT2D eigenvalue weighted by molar-refractivity contribution is -0.144. The molecule has 2 N–H and O–H groups in total. The van der Waals surface area contributed by atoms with E-state index in [9.17, 15) is 4.79 Å². The van der Waals surface area contributed by atoms with Gasteiger partial charge in [-0.15, -0.1) is 0 Å². The summed E-state index contributed by atoms with van der Waals surface area (Å²) >= 11 is 18.0. The highest BCUT2D eigenvalue weighted by Crippen LogP contribution is 2.26. The minimum atomic E-state index is -1.60. The number of nitrogens with two attached hydrogens (primary N) is 1. The molecule has 0 unspecified atom stereocenters. The predicted octanol–water partition coefficient (Wildman–Crippen LogP) is 3.16. The van der Waals surface area contributed by atoms with Gasteiger partial charge in [0.25, 0.3) is 0 Å². The van der Waals surface area contributed by atoms with Crippen molar-refractivity contribution in [2.45, 2.75) is 15.6 Å². The van der Waals surface area contributed by atoms with Gasteiger partial charge in [-0.25, -0.2) is 0 Å². The van der Waals surface area contributed by atoms with Gasteiger partial charge in [0.2, 0.25) is 3.79 Å². The van der Waals surface area contributed by atoms with Crippen LogP contribution in [0.2, 0.25) is 0 Å². The first kappa shape index (κ1) is 16.9. The number of alkyl halides is 3. The molecule has 3 nitrogen and oxygen atoms in total. The zero-order chi connectivity index (χ0) is 14.3. The fraction of sp³-hybridized carbons (Fsp3) is 0.417. The SMILES string of the molecule is N[C@@H](CSCc1ccccc1)C(=O)OCC(Cl)(Cl)Cl. The second-order valence-corrected chi connectivity index (χ2v) is 7.38. The molecule has 0 bridgehead atoms. The lowest BCUT2D eigenvalue weighted by atomic mass is 10.2. The van der Waals surface area contributed by atoms with Gasteiger partial charge in [0.15, 0.2) is 0 Å². The van der Waals surface area contributed by atoms with Crippen molar-refractivity contribution in [2.75, 3.05) is 12.4 Å². The third-order valence-electron chi connectivity index (χ3n) is 2.09. The molecule has 0 spiro atoms. The van der Waals surface area contributed by atoms with Crippen LogP contribution in [0.25, 0.3) is 0 Å². The van der Waals surface area contributed by atoms with Gasteiger partial charge < -0.3 is 10.5 Å². The molecule has 0 aromatic heterocycles. The standard InChI is InChI=1S/C12H14Cl3NO2S/c13-12(14,15)8-18-11(17)10(16)7-19-6-9-4-2-1-3-5-9/h1-5,10H,6-8,16H2/t10-/m0/s1. The first-order valence-corrected chi connectivity index (χ1v) is 7.78. The molecule has 0 aliphatic rings. The molecular weight excluding hydrogens is 329 g/mol. The molecule has 1 atom stereocenters. The third-order valence-corrected chi connectivity index (χ3v) is 3.55. The van der Waals surface area contributed by atoms with Crippen molar-refractivity contribution in [3.63, 3.8) is 0 Å². The Labute approximate surface area is 131 Å². The monoisotopic (exact) mass is 341 g/mol. The highest BCUT2D eigenvalue weighted by Gasteiger charge is 2.24. The molecule has 1 rings (SSSR count). The maximum atomic E-state index is 11.5. The number of rotatable bonds is 6. The summed E-state index contributed by atoms with van der Waals surface area (Å²) in [5, 5.41) is 0. The Morgan fingerprint density at radius 1 is 1.32 bits per heavy atom. The van der Waals surface area contributed by atoms with E-state index < -0.39 is 15.8 Å². The quantitative estimate of drug-likeness (QED) is 0.637. The minimum absolute atomic E-state index is 0.298. The zero-order valence-corrected chi connectivity index (χ0v) is 13.1. The van der Waals surface area contributed by atoms with E-state index >= 15 is 0 Å². The van der Waals surface area contributed by atoms with Gasteiger partial charge in [-0.2, -0.15) is 11.8 Å². The molecule has 7 heteroatoms. The number of hydrogen-bond acceptors (Lipinski definition) is 4. The van der Waals surface area contributed by atoms with E-state index in [4.69, 9.17) is 45.3 Å². The van der Waals surface area contributed by atoms with Crippen molar-refractivity contribution in [3.8, 4) is 0 Å². The van der Waals surface area contributed by atoms with Crippen LogP contribution in [0, 0.1) is 0 Å². The van der Waals surface area contributed by atoms with Gasteiger partial charge >= 0.3 is 5.97 Å². The summed E-state index contributed by atoms with van der Waals surface area (Å²) in [5.74, 6) is 0.673. The molecule has 0 aliphatic heterocycles. The second-order valence-electron chi connectivity index (χ2n) is 3.83. The van der Waals surface area contributed by atoms with Crippen molar-refractivity contribution in [1.29, 1.82) is 0 Å². The van der Waals surface area contributed by atoms with Crippen molar-refractivity contribution < 1.29 is 9.53 Å². The average Bonchev–Trinajstić information content (AvgIpc) is 2.36. The first-order chi connectivity index (χ1) is 8.88. The molecule has 0 saturated carbocycles. The molecule has 0 saturated heterocycles. The van der Waals surface area contributed by atoms with E-state index in [2.05, 4.69) is 0 Å². The summed E-state index contributed by atoms with van der Waals surface area (Å²) in [6, 6.07) is 9.19. The molecule has 1 aromatic rings. The predicted molar refractivity (Wildman–Crippen MR) is 81.8 cm³/mol. The van der Waals surface area contributed by atoms with E-state index in [1.54, 1.807) is 11.8 Å². The van der Waals surface area contributed by atoms with E-state index in [1.165, 1.54) is 5.56 Å². The number of esters is 1. The number of ether oxygens (including phenoxy) is 1. The number of thioether (sulfide) groups is 1. The topological polar surface area (TPSA) is 52.3 Å². The van der Waals surface area contributed by atoms with Gasteiger partial charge in [0.05, 0.1) is 0 Å². The third kappa shape index (κ3) is 7.90. The number of carbonyl (C=O) groups excluding carboxylic acids is 1. The first-order valence-electron chi connectivity index (χ1n) is 5.49. The Balaban J connectivity index is 2.23. The fourth-order valence-corrected chi connectivity index (χ4v) is 2.31. The molecule has 0 radical (unpaired) electrons. The smallest absolute Gasteiger partial charge is 0.323 e.